The van der Waals surface area contributed by atoms with Crippen LogP contribution in [0.25, 0.3) is 0 Å². The van der Waals surface area contributed by atoms with Gasteiger partial charge in [-0.05, 0) is 30.7 Å². The van der Waals surface area contributed by atoms with Crippen LogP contribution in [-0.4, -0.2) is 54.9 Å². The minimum atomic E-state index is -0.794. The molecular weight excluding hydrogens is 268 g/mol. The van der Waals surface area contributed by atoms with Crippen LogP contribution in [0.5, 0.6) is 0 Å². The van der Waals surface area contributed by atoms with Crippen LogP contribution in [0.1, 0.15) is 20.3 Å². The highest BCUT2D eigenvalue weighted by molar-refractivity contribution is 7.99. The Morgan fingerprint density at radius 2 is 2.11 bits per heavy atom. The summed E-state index contributed by atoms with van der Waals surface area (Å²) in [7, 11) is 1.77. The topological polar surface area (TPSA) is 93.0 Å². The summed E-state index contributed by atoms with van der Waals surface area (Å²) in [5.74, 6) is 0.564. The molecule has 0 radical (unpaired) electrons. The number of hydrogen-bond acceptors (Lipinski definition) is 6. The number of aryl methyl sites for hydroxylation is 1. The van der Waals surface area contributed by atoms with Gasteiger partial charge in [-0.2, -0.15) is 0 Å². The van der Waals surface area contributed by atoms with Crippen LogP contribution >= 0.6 is 11.8 Å². The summed E-state index contributed by atoms with van der Waals surface area (Å²) >= 11 is 1.50. The number of thioether (sulfide) groups is 1. The van der Waals surface area contributed by atoms with Gasteiger partial charge in [-0.25, -0.2) is 9.48 Å². The molecule has 3 amide bonds. The maximum absolute atomic E-state index is 11.9. The van der Waals surface area contributed by atoms with E-state index in [0.29, 0.717) is 13.0 Å². The Labute approximate surface area is 114 Å². The number of carbonyl (C=O) groups excluding carboxylic acids is 2. The highest BCUT2D eigenvalue weighted by Crippen LogP contribution is 2.18. The lowest BCUT2D eigenvalue weighted by Gasteiger charge is -2.15. The predicted octanol–water partition coefficient (Wildman–Crippen LogP) is 0.0227. The lowest BCUT2D eigenvalue weighted by molar-refractivity contribution is -0.130. The van der Waals surface area contributed by atoms with Crippen molar-refractivity contribution in [3.05, 3.63) is 0 Å². The van der Waals surface area contributed by atoms with E-state index >= 15 is 0 Å². The molecule has 1 aliphatic heterocycles. The van der Waals surface area contributed by atoms with Gasteiger partial charge in [0.25, 0.3) is 5.91 Å². The first-order chi connectivity index (χ1) is 8.92. The Kier molecular flexibility index (Phi) is 3.74. The molecule has 19 heavy (non-hydrogen) atoms. The van der Waals surface area contributed by atoms with Gasteiger partial charge in [-0.15, -0.1) is 5.10 Å². The Bertz CT molecular complexity index is 500. The van der Waals surface area contributed by atoms with Crippen LogP contribution in [0.2, 0.25) is 0 Å². The van der Waals surface area contributed by atoms with Crippen molar-refractivity contribution in [2.24, 2.45) is 7.05 Å². The Morgan fingerprint density at radius 3 is 2.63 bits per heavy atom. The van der Waals surface area contributed by atoms with E-state index in [1.54, 1.807) is 25.6 Å². The van der Waals surface area contributed by atoms with E-state index in [1.165, 1.54) is 16.7 Å². The van der Waals surface area contributed by atoms with E-state index < -0.39 is 5.54 Å². The average Bonchev–Trinajstić information content (AvgIpc) is 2.80. The third-order valence-corrected chi connectivity index (χ3v) is 3.88. The molecule has 1 aromatic heterocycles. The second kappa shape index (κ2) is 5.16. The monoisotopic (exact) mass is 284 g/mol. The summed E-state index contributed by atoms with van der Waals surface area (Å²) in [4.78, 5) is 24.8. The molecule has 0 saturated carbocycles. The van der Waals surface area contributed by atoms with Gasteiger partial charge in [0.05, 0.1) is 0 Å². The molecule has 2 rings (SSSR count). The summed E-state index contributed by atoms with van der Waals surface area (Å²) < 4.78 is 1.58. The molecule has 0 aliphatic carbocycles. The highest BCUT2D eigenvalue weighted by atomic mass is 32.2. The molecular formula is C10H16N6O2S. The van der Waals surface area contributed by atoms with Gasteiger partial charge in [0.1, 0.15) is 5.54 Å². The molecule has 0 unspecified atom stereocenters. The third kappa shape index (κ3) is 2.86. The fourth-order valence-corrected chi connectivity index (χ4v) is 2.52. The molecule has 8 nitrogen and oxygen atoms in total. The summed E-state index contributed by atoms with van der Waals surface area (Å²) in [6.45, 7) is 3.81. The largest absolute Gasteiger partial charge is 0.325 e. The van der Waals surface area contributed by atoms with Crippen molar-refractivity contribution in [2.45, 2.75) is 31.0 Å². The number of carbonyl (C=O) groups is 2. The van der Waals surface area contributed by atoms with Crippen molar-refractivity contribution < 1.29 is 9.59 Å². The van der Waals surface area contributed by atoms with Gasteiger partial charge >= 0.3 is 6.03 Å². The molecule has 2 heterocycles. The van der Waals surface area contributed by atoms with Crippen molar-refractivity contribution >= 4 is 23.7 Å². The Hall–Kier alpha value is -1.64. The minimum Gasteiger partial charge on any atom is -0.324 e. The summed E-state index contributed by atoms with van der Waals surface area (Å²) in [6.07, 6.45) is 0.701. The average molecular weight is 284 g/mol. The van der Waals surface area contributed by atoms with E-state index in [9.17, 15) is 9.59 Å². The van der Waals surface area contributed by atoms with Crippen molar-refractivity contribution in [3.63, 3.8) is 0 Å². The number of amides is 3. The number of aromatic nitrogens is 4. The lowest BCUT2D eigenvalue weighted by Crippen LogP contribution is -2.40. The molecule has 0 bridgehead atoms. The van der Waals surface area contributed by atoms with Gasteiger partial charge in [-0.1, -0.05) is 11.8 Å². The van der Waals surface area contributed by atoms with Crippen LogP contribution in [0.4, 0.5) is 4.79 Å². The van der Waals surface area contributed by atoms with Crippen LogP contribution in [0.3, 0.4) is 0 Å². The zero-order chi connectivity index (χ0) is 14.0. The van der Waals surface area contributed by atoms with E-state index in [2.05, 4.69) is 20.8 Å². The first kappa shape index (κ1) is 13.8. The molecule has 1 aliphatic rings. The van der Waals surface area contributed by atoms with Crippen LogP contribution < -0.4 is 5.32 Å². The number of hydrogen-bond donors (Lipinski definition) is 1. The molecule has 0 aromatic carbocycles. The van der Waals surface area contributed by atoms with Gasteiger partial charge in [-0.3, -0.25) is 9.69 Å². The van der Waals surface area contributed by atoms with Crippen molar-refractivity contribution in [3.8, 4) is 0 Å². The maximum atomic E-state index is 11.9. The highest BCUT2D eigenvalue weighted by Gasteiger charge is 2.43. The smallest absolute Gasteiger partial charge is 0.324 e. The Balaban J connectivity index is 1.79. The predicted molar refractivity (Wildman–Crippen MR) is 68.5 cm³/mol. The first-order valence-electron chi connectivity index (χ1n) is 5.91. The number of tetrazole rings is 1. The number of nitrogens with one attached hydrogen (secondary N) is 1. The first-order valence-corrected chi connectivity index (χ1v) is 6.89. The zero-order valence-corrected chi connectivity index (χ0v) is 11.9. The fourth-order valence-electron chi connectivity index (χ4n) is 1.75. The van der Waals surface area contributed by atoms with E-state index in [-0.39, 0.29) is 11.9 Å². The summed E-state index contributed by atoms with van der Waals surface area (Å²) in [6, 6.07) is -0.319. The molecule has 1 fully saturated rings. The Morgan fingerprint density at radius 1 is 1.37 bits per heavy atom. The summed E-state index contributed by atoms with van der Waals surface area (Å²) in [5.41, 5.74) is -0.794. The molecule has 9 heteroatoms. The normalized spacial score (nSPS) is 17.9. The second-order valence-electron chi connectivity index (χ2n) is 4.80. The number of urea groups is 1. The molecule has 0 spiro atoms. The van der Waals surface area contributed by atoms with Gasteiger partial charge in [0, 0.05) is 19.3 Å². The van der Waals surface area contributed by atoms with Crippen LogP contribution in [-0.2, 0) is 11.8 Å². The molecule has 104 valence electrons. The van der Waals surface area contributed by atoms with E-state index in [4.69, 9.17) is 0 Å². The molecule has 1 saturated heterocycles. The lowest BCUT2D eigenvalue weighted by atomic mass is 10.1. The maximum Gasteiger partial charge on any atom is 0.325 e. The van der Waals surface area contributed by atoms with Gasteiger partial charge < -0.3 is 5.32 Å². The fraction of sp³-hybridized carbons (Fsp3) is 0.700. The standard InChI is InChI=1S/C10H16N6O2S/c1-10(2)7(17)16(8(18)11-10)5-4-6-19-9-12-13-14-15(9)3/h4-6H2,1-3H3,(H,11,18). The quantitative estimate of drug-likeness (QED) is 0.465. The molecule has 0 atom stereocenters. The zero-order valence-electron chi connectivity index (χ0n) is 11.1. The van der Waals surface area contributed by atoms with Crippen LogP contribution in [0.15, 0.2) is 5.16 Å². The summed E-state index contributed by atoms with van der Waals surface area (Å²) in [5, 5.41) is 14.5. The number of nitrogens with zero attached hydrogens (tertiary/aromatic N) is 5. The van der Waals surface area contributed by atoms with Gasteiger partial charge in [0.2, 0.25) is 5.16 Å². The van der Waals surface area contributed by atoms with Crippen molar-refractivity contribution in [1.82, 2.24) is 30.4 Å². The number of imide groups is 1. The second-order valence-corrected chi connectivity index (χ2v) is 5.86. The van der Waals surface area contributed by atoms with Crippen molar-refractivity contribution in [1.29, 1.82) is 0 Å². The van der Waals surface area contributed by atoms with E-state index in [0.717, 1.165) is 10.9 Å². The molecule has 1 aromatic rings. The number of rotatable bonds is 5. The molecule has 1 N–H and O–H groups in total. The van der Waals surface area contributed by atoms with Gasteiger partial charge in [0.15, 0.2) is 0 Å². The minimum absolute atomic E-state index is 0.178. The van der Waals surface area contributed by atoms with Crippen molar-refractivity contribution in [2.75, 3.05) is 12.3 Å². The van der Waals surface area contributed by atoms with Crippen LogP contribution in [0, 0.1) is 0 Å². The SMILES string of the molecule is Cn1nnnc1SCCCN1C(=O)NC(C)(C)C1=O. The van der Waals surface area contributed by atoms with E-state index in [1.807, 2.05) is 0 Å². The third-order valence-electron chi connectivity index (χ3n) is 2.78.